The van der Waals surface area contributed by atoms with Gasteiger partial charge in [0, 0.05) is 25.7 Å². The Balaban J connectivity index is 1.90. The van der Waals surface area contributed by atoms with Crippen LogP contribution >= 0.6 is 0 Å². The summed E-state index contributed by atoms with van der Waals surface area (Å²) in [6.07, 6.45) is 1.92. The summed E-state index contributed by atoms with van der Waals surface area (Å²) in [5.74, 6) is 0. The van der Waals surface area contributed by atoms with Gasteiger partial charge in [-0.2, -0.15) is 0 Å². The predicted molar refractivity (Wildman–Crippen MR) is 93.6 cm³/mol. The summed E-state index contributed by atoms with van der Waals surface area (Å²) in [5, 5.41) is 3.62. The minimum Gasteiger partial charge on any atom is -0.444 e. The van der Waals surface area contributed by atoms with Crippen molar-refractivity contribution in [3.05, 3.63) is 34.9 Å². The van der Waals surface area contributed by atoms with E-state index in [2.05, 4.69) is 37.4 Å². The molecule has 0 bridgehead atoms. The van der Waals surface area contributed by atoms with Crippen LogP contribution in [0.1, 0.15) is 50.3 Å². The van der Waals surface area contributed by atoms with Crippen molar-refractivity contribution in [1.29, 1.82) is 0 Å². The van der Waals surface area contributed by atoms with Crippen molar-refractivity contribution >= 4 is 6.09 Å². The third-order valence-electron chi connectivity index (χ3n) is 4.29. The quantitative estimate of drug-likeness (QED) is 0.922. The number of hydrogen-bond acceptors (Lipinski definition) is 3. The molecule has 2 rings (SSSR count). The molecule has 0 radical (unpaired) electrons. The molecule has 23 heavy (non-hydrogen) atoms. The van der Waals surface area contributed by atoms with Crippen LogP contribution in [0, 0.1) is 13.8 Å². The maximum atomic E-state index is 12.2. The number of ether oxygens (including phenoxy) is 1. The number of aryl methyl sites for hydroxylation is 2. The number of piperidine rings is 1. The molecule has 4 nitrogen and oxygen atoms in total. The topological polar surface area (TPSA) is 41.6 Å². The lowest BCUT2D eigenvalue weighted by Crippen LogP contribution is -2.49. The molecule has 1 aromatic carbocycles. The SMILES string of the molecule is Cc1cccc(C)c1CNC1CCCN(C(=O)OC(C)(C)C)C1. The summed E-state index contributed by atoms with van der Waals surface area (Å²) < 4.78 is 5.49. The number of amides is 1. The molecule has 4 heteroatoms. The number of nitrogens with one attached hydrogen (secondary N) is 1. The summed E-state index contributed by atoms with van der Waals surface area (Å²) in [7, 11) is 0. The average Bonchev–Trinajstić information content (AvgIpc) is 2.45. The second kappa shape index (κ2) is 7.35. The highest BCUT2D eigenvalue weighted by Gasteiger charge is 2.27. The highest BCUT2D eigenvalue weighted by Crippen LogP contribution is 2.17. The average molecular weight is 318 g/mol. The van der Waals surface area contributed by atoms with Gasteiger partial charge in [-0.05, 0) is 64.2 Å². The molecule has 0 spiro atoms. The molecule has 1 atom stereocenters. The second-order valence-corrected chi connectivity index (χ2v) is 7.52. The summed E-state index contributed by atoms with van der Waals surface area (Å²) in [4.78, 5) is 14.0. The molecular formula is C19H30N2O2. The van der Waals surface area contributed by atoms with Gasteiger partial charge in [0.05, 0.1) is 0 Å². The smallest absolute Gasteiger partial charge is 0.410 e. The van der Waals surface area contributed by atoms with Gasteiger partial charge in [-0.15, -0.1) is 0 Å². The first-order valence-electron chi connectivity index (χ1n) is 8.52. The Morgan fingerprint density at radius 3 is 2.57 bits per heavy atom. The van der Waals surface area contributed by atoms with Crippen LogP contribution in [0.5, 0.6) is 0 Å². The third-order valence-corrected chi connectivity index (χ3v) is 4.29. The number of benzene rings is 1. The zero-order chi connectivity index (χ0) is 17.0. The number of hydrogen-bond donors (Lipinski definition) is 1. The highest BCUT2D eigenvalue weighted by molar-refractivity contribution is 5.68. The van der Waals surface area contributed by atoms with E-state index in [1.54, 1.807) is 0 Å². The number of nitrogens with zero attached hydrogens (tertiary/aromatic N) is 1. The second-order valence-electron chi connectivity index (χ2n) is 7.52. The van der Waals surface area contributed by atoms with Gasteiger partial charge >= 0.3 is 6.09 Å². The van der Waals surface area contributed by atoms with Gasteiger partial charge in [0.15, 0.2) is 0 Å². The first kappa shape index (κ1) is 17.8. The van der Waals surface area contributed by atoms with Gasteiger partial charge in [-0.25, -0.2) is 4.79 Å². The number of likely N-dealkylation sites (tertiary alicyclic amines) is 1. The molecule has 1 saturated heterocycles. The Kier molecular flexibility index (Phi) is 5.69. The molecule has 0 aliphatic carbocycles. The van der Waals surface area contributed by atoms with Gasteiger partial charge in [0.1, 0.15) is 5.60 Å². The molecule has 1 heterocycles. The number of rotatable bonds is 3. The van der Waals surface area contributed by atoms with E-state index in [9.17, 15) is 4.79 Å². The van der Waals surface area contributed by atoms with Gasteiger partial charge in [-0.3, -0.25) is 0 Å². The van der Waals surface area contributed by atoms with Crippen LogP contribution in [0.2, 0.25) is 0 Å². The molecule has 128 valence electrons. The highest BCUT2D eigenvalue weighted by atomic mass is 16.6. The van der Waals surface area contributed by atoms with Crippen molar-refractivity contribution < 1.29 is 9.53 Å². The van der Waals surface area contributed by atoms with E-state index in [0.29, 0.717) is 6.04 Å². The summed E-state index contributed by atoms with van der Waals surface area (Å²) in [6, 6.07) is 6.73. The zero-order valence-electron chi connectivity index (χ0n) is 15.1. The summed E-state index contributed by atoms with van der Waals surface area (Å²) >= 11 is 0. The zero-order valence-corrected chi connectivity index (χ0v) is 15.1. The molecule has 0 saturated carbocycles. The minimum atomic E-state index is -0.435. The van der Waals surface area contributed by atoms with E-state index in [1.807, 2.05) is 25.7 Å². The van der Waals surface area contributed by atoms with E-state index in [1.165, 1.54) is 16.7 Å². The summed E-state index contributed by atoms with van der Waals surface area (Å²) in [6.45, 7) is 12.4. The van der Waals surface area contributed by atoms with Crippen molar-refractivity contribution in [2.45, 2.75) is 65.6 Å². The van der Waals surface area contributed by atoms with Crippen molar-refractivity contribution in [3.63, 3.8) is 0 Å². The van der Waals surface area contributed by atoms with Gasteiger partial charge < -0.3 is 15.0 Å². The van der Waals surface area contributed by atoms with Crippen LogP contribution in [0.25, 0.3) is 0 Å². The van der Waals surface area contributed by atoms with Crippen molar-refractivity contribution in [3.8, 4) is 0 Å². The lowest BCUT2D eigenvalue weighted by Gasteiger charge is -2.34. The molecule has 1 amide bonds. The van der Waals surface area contributed by atoms with Crippen LogP contribution < -0.4 is 5.32 Å². The Labute approximate surface area is 140 Å². The van der Waals surface area contributed by atoms with Gasteiger partial charge in [-0.1, -0.05) is 18.2 Å². The van der Waals surface area contributed by atoms with Gasteiger partial charge in [0.25, 0.3) is 0 Å². The number of carbonyl (C=O) groups excluding carboxylic acids is 1. The minimum absolute atomic E-state index is 0.198. The molecule has 1 unspecified atom stereocenters. The standard InChI is InChI=1S/C19H30N2O2/c1-14-8-6-9-15(2)17(14)12-20-16-10-7-11-21(13-16)18(22)23-19(3,4)5/h6,8-9,16,20H,7,10-13H2,1-5H3. The van der Waals surface area contributed by atoms with Crippen LogP contribution in [-0.4, -0.2) is 35.7 Å². The fourth-order valence-corrected chi connectivity index (χ4v) is 3.01. The van der Waals surface area contributed by atoms with Crippen molar-refractivity contribution in [1.82, 2.24) is 10.2 Å². The Morgan fingerprint density at radius 1 is 1.30 bits per heavy atom. The maximum absolute atomic E-state index is 12.2. The molecule has 1 fully saturated rings. The molecular weight excluding hydrogens is 288 g/mol. The Morgan fingerprint density at radius 2 is 1.96 bits per heavy atom. The van der Waals surface area contributed by atoms with E-state index in [0.717, 1.165) is 32.5 Å². The fraction of sp³-hybridized carbons (Fsp3) is 0.632. The fourth-order valence-electron chi connectivity index (χ4n) is 3.01. The molecule has 1 aliphatic heterocycles. The van der Waals surface area contributed by atoms with E-state index in [4.69, 9.17) is 4.74 Å². The predicted octanol–water partition coefficient (Wildman–Crippen LogP) is 3.79. The Hall–Kier alpha value is -1.55. The Bertz CT molecular complexity index is 529. The summed E-state index contributed by atoms with van der Waals surface area (Å²) in [5.41, 5.74) is 3.56. The maximum Gasteiger partial charge on any atom is 0.410 e. The van der Waals surface area contributed by atoms with Crippen LogP contribution in [0.4, 0.5) is 4.79 Å². The molecule has 0 aromatic heterocycles. The lowest BCUT2D eigenvalue weighted by molar-refractivity contribution is 0.0187. The lowest BCUT2D eigenvalue weighted by atomic mass is 10.0. The van der Waals surface area contributed by atoms with Gasteiger partial charge in [0.2, 0.25) is 0 Å². The first-order chi connectivity index (χ1) is 10.8. The van der Waals surface area contributed by atoms with Crippen LogP contribution in [-0.2, 0) is 11.3 Å². The van der Waals surface area contributed by atoms with E-state index in [-0.39, 0.29) is 6.09 Å². The molecule has 1 N–H and O–H groups in total. The molecule has 1 aliphatic rings. The first-order valence-corrected chi connectivity index (χ1v) is 8.52. The third kappa shape index (κ3) is 5.24. The van der Waals surface area contributed by atoms with Crippen LogP contribution in [0.3, 0.4) is 0 Å². The molecule has 1 aromatic rings. The van der Waals surface area contributed by atoms with Crippen molar-refractivity contribution in [2.75, 3.05) is 13.1 Å². The monoisotopic (exact) mass is 318 g/mol. The van der Waals surface area contributed by atoms with E-state index >= 15 is 0 Å². The largest absolute Gasteiger partial charge is 0.444 e. The van der Waals surface area contributed by atoms with Crippen molar-refractivity contribution in [2.24, 2.45) is 0 Å². The van der Waals surface area contributed by atoms with Crippen LogP contribution in [0.15, 0.2) is 18.2 Å². The normalized spacial score (nSPS) is 18.8. The van der Waals surface area contributed by atoms with E-state index < -0.39 is 5.60 Å². The number of carbonyl (C=O) groups is 1.